The normalized spacial score (nSPS) is 13.3. The number of hydrogen-bond acceptors (Lipinski definition) is 14. The Kier molecular flexibility index (Phi) is 32.4. The Morgan fingerprint density at radius 2 is 0.789 bits per heavy atom. The number of aryl methyl sites for hydroxylation is 4. The lowest BCUT2D eigenvalue weighted by atomic mass is 9.80. The Hall–Kier alpha value is -7.96. The lowest BCUT2D eigenvalue weighted by molar-refractivity contribution is -0.387. The van der Waals surface area contributed by atoms with Crippen molar-refractivity contribution >= 4 is 106 Å². The van der Waals surface area contributed by atoms with Crippen molar-refractivity contribution in [2.45, 2.75) is 40.9 Å². The quantitative estimate of drug-likeness (QED) is 0.0160. The van der Waals surface area contributed by atoms with Gasteiger partial charge in [-0.05, 0) is 227 Å². The predicted octanol–water partition coefficient (Wildman–Crippen LogP) is 19.5. The molecule has 10 aromatic carbocycles. The molecule has 4 heterocycles. The predicted molar refractivity (Wildman–Crippen MR) is 429 cm³/mol. The summed E-state index contributed by atoms with van der Waals surface area (Å²) in [5.74, 6) is 0.440. The standard InChI is InChI=1S/C24H23FN3O5P.C14H13FO.C13H11FO.C11H13FN3O4P.C8H9BrO.C6H6BFO2.BBr3/c1-17-14-21(7-8-22(17)19-3-5-20(25)6-4-19)33-24-15-18(2-9-23(24)28(29)30)16-32-34(31,26-10-11-26)27-12-13-27;1-10-9-13(16-2)7-8-14(10)11-3-5-12(15)6-4-11;1-9-8-12(15)6-7-13(9)10-2-4-11(14)5-3-10;12-10-7-9(1-2-11(10)15(16)17)8-19-20(18,13-3-4-13)14-5-6-14;1-6-5-7(10-2)3-4-8(6)9;8-6-3-1-5(2-4-6)7(9)10;2-1(3)4/h2-9,14-15H,10-13,16H2,1H3;3-9H,1-2H3;2-8,15H,1H3;1-2,7H,3-6,8H2;3-5H,1-2H3;1-4,9-10H;. The number of phenols is 1. The molecule has 0 spiro atoms. The van der Waals surface area contributed by atoms with Crippen molar-refractivity contribution in [2.75, 3.05) is 66.6 Å². The first kappa shape index (κ1) is 86.6. The van der Waals surface area contributed by atoms with Crippen LogP contribution in [-0.2, 0) is 31.4 Å². The van der Waals surface area contributed by atoms with Crippen LogP contribution < -0.4 is 19.7 Å². The highest BCUT2D eigenvalue weighted by molar-refractivity contribution is 9.69. The molecule has 4 aliphatic rings. The van der Waals surface area contributed by atoms with E-state index in [1.807, 2.05) is 85.6 Å². The molecule has 4 aliphatic heterocycles. The number of aromatic hydroxyl groups is 1. The van der Waals surface area contributed by atoms with Crippen LogP contribution in [0.25, 0.3) is 33.4 Å². The Morgan fingerprint density at radius 3 is 1.14 bits per heavy atom. The fraction of sp³-hybridized carbons (Fsp3) is 0.211. The molecule has 109 heavy (non-hydrogen) atoms. The average Bonchev–Trinajstić information content (AvgIpc) is 1.65. The fourth-order valence-electron chi connectivity index (χ4n) is 10.3. The van der Waals surface area contributed by atoms with Crippen molar-refractivity contribution in [2.24, 2.45) is 0 Å². The van der Waals surface area contributed by atoms with Crippen LogP contribution in [0.5, 0.6) is 28.7 Å². The zero-order valence-corrected chi connectivity index (χ0v) is 67.8. The highest BCUT2D eigenvalue weighted by atomic mass is 79.9. The van der Waals surface area contributed by atoms with E-state index in [2.05, 4.69) is 63.2 Å². The monoisotopic (exact) mass is 1790 g/mol. The summed E-state index contributed by atoms with van der Waals surface area (Å²) in [7, 11) is -4.14. The maximum atomic E-state index is 13.5. The minimum Gasteiger partial charge on any atom is -0.508 e. The lowest BCUT2D eigenvalue weighted by Crippen LogP contribution is -2.29. The van der Waals surface area contributed by atoms with E-state index in [0.29, 0.717) is 22.3 Å². The lowest BCUT2D eigenvalue weighted by Gasteiger charge is -2.19. The van der Waals surface area contributed by atoms with Crippen LogP contribution in [0.2, 0.25) is 0 Å². The van der Waals surface area contributed by atoms with Gasteiger partial charge in [0.25, 0.3) is 0 Å². The fourth-order valence-corrected chi connectivity index (χ4v) is 15.0. The third kappa shape index (κ3) is 26.6. The van der Waals surface area contributed by atoms with E-state index >= 15 is 0 Å². The van der Waals surface area contributed by atoms with Gasteiger partial charge in [-0.3, -0.25) is 29.4 Å². The smallest absolute Gasteiger partial charge is 0.488 e. The Morgan fingerprint density at radius 1 is 0.450 bits per heavy atom. The van der Waals surface area contributed by atoms with E-state index in [9.17, 15) is 56.4 Å². The number of hydrogen-bond donors (Lipinski definition) is 3. The van der Waals surface area contributed by atoms with Gasteiger partial charge in [0.05, 0.1) is 37.3 Å². The number of nitro benzene ring substituents is 2. The Labute approximate surface area is 662 Å². The molecule has 0 bridgehead atoms. The van der Waals surface area contributed by atoms with Crippen LogP contribution in [0.15, 0.2) is 211 Å². The highest BCUT2D eigenvalue weighted by Gasteiger charge is 2.50. The summed E-state index contributed by atoms with van der Waals surface area (Å²) in [6.45, 7) is 13.8. The van der Waals surface area contributed by atoms with Gasteiger partial charge in [-0.25, -0.2) is 36.2 Å². The van der Waals surface area contributed by atoms with Gasteiger partial charge in [-0.1, -0.05) is 82.7 Å². The number of methoxy groups -OCH3 is 2. The first-order valence-corrected chi connectivity index (χ1v) is 40.0. The minimum absolute atomic E-state index is 0.0286. The summed E-state index contributed by atoms with van der Waals surface area (Å²) >= 11 is 12.7. The van der Waals surface area contributed by atoms with Gasteiger partial charge in [0.15, 0.2) is 0 Å². The second-order valence-electron chi connectivity index (χ2n) is 24.5. The third-order valence-electron chi connectivity index (χ3n) is 16.4. The summed E-state index contributed by atoms with van der Waals surface area (Å²) in [6.07, 6.45) is 0. The van der Waals surface area contributed by atoms with Crippen molar-refractivity contribution in [1.29, 1.82) is 0 Å². The molecular weight excluding hydrogens is 1720 g/mol. The molecule has 0 atom stereocenters. The number of phenolic OH excluding ortho intramolecular Hbond substituents is 1. The van der Waals surface area contributed by atoms with Crippen LogP contribution in [0.4, 0.5) is 33.3 Å². The number of nitrogens with zero attached hydrogens (tertiary/aromatic N) is 6. The Bertz CT molecular complexity index is 4800. The van der Waals surface area contributed by atoms with Crippen LogP contribution in [0, 0.1) is 77.0 Å². The molecule has 0 radical (unpaired) electrons. The van der Waals surface area contributed by atoms with Gasteiger partial charge in [0, 0.05) is 69.0 Å². The molecule has 3 N–H and O–H groups in total. The molecule has 572 valence electrons. The number of halogens is 9. The number of benzene rings is 10. The molecule has 4 fully saturated rings. The molecule has 14 rings (SSSR count). The molecule has 4 saturated heterocycles. The van der Waals surface area contributed by atoms with Crippen molar-refractivity contribution in [1.82, 2.24) is 18.7 Å². The van der Waals surface area contributed by atoms with Crippen molar-refractivity contribution in [3.05, 3.63) is 293 Å². The first-order valence-electron chi connectivity index (χ1n) is 33.4. The zero-order valence-electron chi connectivity index (χ0n) is 59.7. The average molecular weight is 1790 g/mol. The van der Waals surface area contributed by atoms with Crippen LogP contribution in [-0.4, -0.2) is 121 Å². The topological polar surface area (TPSA) is 239 Å². The molecule has 0 unspecified atom stereocenters. The molecule has 0 saturated carbocycles. The molecule has 0 aliphatic carbocycles. The number of ether oxygens (including phenoxy) is 3. The second-order valence-corrected chi connectivity index (χ2v) is 36.5. The maximum Gasteiger partial charge on any atom is 0.488 e. The van der Waals surface area contributed by atoms with E-state index in [4.69, 9.17) is 33.3 Å². The van der Waals surface area contributed by atoms with Crippen LogP contribution in [0.1, 0.15) is 33.4 Å². The summed E-state index contributed by atoms with van der Waals surface area (Å²) in [4.78, 5) is 20.8. The summed E-state index contributed by atoms with van der Waals surface area (Å²) in [5.41, 5.74) is 10.6. The van der Waals surface area contributed by atoms with E-state index in [1.54, 1.807) is 96.4 Å². The van der Waals surface area contributed by atoms with Gasteiger partial charge in [-0.15, -0.1) is 47.3 Å². The highest BCUT2D eigenvalue weighted by Crippen LogP contribution is 2.62. The van der Waals surface area contributed by atoms with Gasteiger partial charge >= 0.3 is 37.0 Å². The molecule has 0 aromatic heterocycles. The third-order valence-corrected chi connectivity index (χ3v) is 22.7. The molecule has 0 amide bonds. The van der Waals surface area contributed by atoms with Crippen molar-refractivity contribution in [3.63, 3.8) is 0 Å². The minimum atomic E-state index is -3.00. The number of rotatable bonds is 20. The maximum absolute atomic E-state index is 13.5. The molecule has 33 heteroatoms. The molecular formula is C76H75B2Br4F5N6O14P2. The SMILES string of the molecule is BrB(Br)Br.COc1ccc(-c2ccc(F)cc2)c(C)c1.COc1ccc(Br)c(C)c1.Cc1cc(O)ccc1-c1ccc(F)cc1.Cc1cc(Oc2cc(COP(=O)(N3CC3)N3CC3)ccc2[N+](=O)[O-])ccc1-c1ccc(F)cc1.O=[N+]([O-])c1ccc(COP(=O)(N2CC2)N2CC2)cc1F.OB(O)c1ccc(F)cc1. The summed E-state index contributed by atoms with van der Waals surface area (Å²) < 4.78 is 126. The Balaban J connectivity index is 0.000000172. The summed E-state index contributed by atoms with van der Waals surface area (Å²) in [5, 5.41) is 48.5. The van der Waals surface area contributed by atoms with E-state index < -0.39 is 43.8 Å². The van der Waals surface area contributed by atoms with E-state index in [1.165, 1.54) is 78.4 Å². The van der Waals surface area contributed by atoms with Crippen molar-refractivity contribution in [3.8, 4) is 62.1 Å². The van der Waals surface area contributed by atoms with Gasteiger partial charge < -0.3 is 38.4 Å². The first-order chi connectivity index (χ1) is 51.9. The van der Waals surface area contributed by atoms with Crippen LogP contribution >= 0.6 is 78.5 Å². The van der Waals surface area contributed by atoms with Gasteiger partial charge in [-0.2, -0.15) is 4.39 Å². The van der Waals surface area contributed by atoms with Crippen molar-refractivity contribution < 1.29 is 79.3 Å². The van der Waals surface area contributed by atoms with Crippen LogP contribution in [0.3, 0.4) is 0 Å². The van der Waals surface area contributed by atoms with E-state index in [0.717, 1.165) is 131 Å². The molecule has 20 nitrogen and oxygen atoms in total. The van der Waals surface area contributed by atoms with Gasteiger partial charge in [0.2, 0.25) is 11.6 Å². The number of nitro groups is 2. The molecule has 10 aromatic rings. The second kappa shape index (κ2) is 40.8. The largest absolute Gasteiger partial charge is 0.508 e. The summed E-state index contributed by atoms with van der Waals surface area (Å²) in [6, 6.07) is 54.3. The zero-order chi connectivity index (χ0) is 79.3. The van der Waals surface area contributed by atoms with Gasteiger partial charge in [0.1, 0.15) is 46.3 Å². The van der Waals surface area contributed by atoms with E-state index in [-0.39, 0.29) is 56.9 Å².